The smallest absolute Gasteiger partial charge is 0.145 e. The van der Waals surface area contributed by atoms with Crippen LogP contribution in [0.25, 0.3) is 0 Å². The van der Waals surface area contributed by atoms with Gasteiger partial charge in [-0.05, 0) is 60.3 Å². The fourth-order valence-electron chi connectivity index (χ4n) is 6.98. The monoisotopic (exact) mass is 330 g/mol. The summed E-state index contributed by atoms with van der Waals surface area (Å²) in [4.78, 5) is 23.7. The number of ether oxygens (including phenoxy) is 1. The Morgan fingerprint density at radius 3 is 2.62 bits per heavy atom. The van der Waals surface area contributed by atoms with E-state index in [1.807, 2.05) is 0 Å². The summed E-state index contributed by atoms with van der Waals surface area (Å²) in [5.41, 5.74) is 1.03. The Hall–Kier alpha value is -0.960. The van der Waals surface area contributed by atoms with Crippen LogP contribution in [-0.2, 0) is 14.3 Å². The molecule has 3 aliphatic carbocycles. The zero-order chi connectivity index (χ0) is 17.2. The molecule has 0 radical (unpaired) electrons. The van der Waals surface area contributed by atoms with Crippen LogP contribution in [0.15, 0.2) is 11.6 Å². The molecule has 2 saturated carbocycles. The molecule has 6 unspecified atom stereocenters. The molecule has 132 valence electrons. The molecule has 0 amide bonds. The Labute approximate surface area is 145 Å². The highest BCUT2D eigenvalue weighted by atomic mass is 16.6. The van der Waals surface area contributed by atoms with Crippen LogP contribution in [0.2, 0.25) is 0 Å². The van der Waals surface area contributed by atoms with E-state index >= 15 is 0 Å². The third-order valence-electron chi connectivity index (χ3n) is 8.12. The van der Waals surface area contributed by atoms with Crippen LogP contribution in [0.4, 0.5) is 0 Å². The maximum Gasteiger partial charge on any atom is 0.145 e. The summed E-state index contributed by atoms with van der Waals surface area (Å²) in [6.07, 6.45) is 11.8. The first-order valence-electron chi connectivity index (χ1n) is 9.63. The van der Waals surface area contributed by atoms with Gasteiger partial charge < -0.3 is 9.53 Å². The number of rotatable bonds is 2. The van der Waals surface area contributed by atoms with Gasteiger partial charge in [-0.2, -0.15) is 0 Å². The lowest BCUT2D eigenvalue weighted by Gasteiger charge is -2.62. The molecule has 0 aromatic carbocycles. The topological polar surface area (TPSA) is 46.7 Å². The van der Waals surface area contributed by atoms with Crippen LogP contribution in [-0.4, -0.2) is 24.8 Å². The van der Waals surface area contributed by atoms with Crippen LogP contribution in [0.5, 0.6) is 0 Å². The van der Waals surface area contributed by atoms with E-state index < -0.39 is 0 Å². The van der Waals surface area contributed by atoms with E-state index in [4.69, 9.17) is 4.74 Å². The van der Waals surface area contributed by atoms with Gasteiger partial charge in [0.2, 0.25) is 0 Å². The summed E-state index contributed by atoms with van der Waals surface area (Å²) >= 11 is 0. The molecule has 3 heteroatoms. The molecule has 1 heterocycles. The number of carbonyl (C=O) groups excluding carboxylic acids is 2. The zero-order valence-corrected chi connectivity index (χ0v) is 15.2. The van der Waals surface area contributed by atoms with Gasteiger partial charge >= 0.3 is 0 Å². The molecular formula is C21H30O3. The summed E-state index contributed by atoms with van der Waals surface area (Å²) in [6.45, 7) is 7.25. The van der Waals surface area contributed by atoms with Crippen LogP contribution >= 0.6 is 0 Å². The Morgan fingerprint density at radius 2 is 1.92 bits per heavy atom. The van der Waals surface area contributed by atoms with E-state index in [9.17, 15) is 9.59 Å². The van der Waals surface area contributed by atoms with Gasteiger partial charge in [-0.15, -0.1) is 0 Å². The van der Waals surface area contributed by atoms with Crippen molar-refractivity contribution in [3.05, 3.63) is 11.6 Å². The normalized spacial score (nSPS) is 49.4. The van der Waals surface area contributed by atoms with Crippen LogP contribution in [0.1, 0.15) is 65.7 Å². The standard InChI is InChI=1S/C21H30O3/c1-19(2)8-4-9-20(3)16(19)7-10-21(13-23)17(20)6-5-14(12-22)11-15-18(21)24-15/h5,12-13,15-18H,4,6-11H2,1-3H3. The summed E-state index contributed by atoms with van der Waals surface area (Å²) < 4.78 is 5.98. The number of aldehydes is 2. The molecule has 6 atom stereocenters. The molecule has 3 fully saturated rings. The molecule has 4 aliphatic rings. The zero-order valence-electron chi connectivity index (χ0n) is 15.2. The Balaban J connectivity index is 1.79. The lowest BCUT2D eigenvalue weighted by atomic mass is 9.42. The highest BCUT2D eigenvalue weighted by Crippen LogP contribution is 2.67. The lowest BCUT2D eigenvalue weighted by molar-refractivity contribution is -0.154. The van der Waals surface area contributed by atoms with E-state index in [2.05, 4.69) is 26.8 Å². The maximum absolute atomic E-state index is 12.4. The molecule has 1 aliphatic heterocycles. The van der Waals surface area contributed by atoms with Gasteiger partial charge in [-0.3, -0.25) is 4.79 Å². The van der Waals surface area contributed by atoms with Crippen molar-refractivity contribution in [2.24, 2.45) is 28.1 Å². The summed E-state index contributed by atoms with van der Waals surface area (Å²) in [7, 11) is 0. The molecule has 4 rings (SSSR count). The fraction of sp³-hybridized carbons (Fsp3) is 0.810. The number of allylic oxidation sites excluding steroid dienone is 1. The second kappa shape index (κ2) is 5.27. The minimum absolute atomic E-state index is 0.0338. The Kier molecular flexibility index (Phi) is 3.62. The first kappa shape index (κ1) is 16.5. The van der Waals surface area contributed by atoms with E-state index in [1.54, 1.807) is 0 Å². The largest absolute Gasteiger partial charge is 0.368 e. The Bertz CT molecular complexity index is 592. The van der Waals surface area contributed by atoms with Gasteiger partial charge in [-0.1, -0.05) is 33.3 Å². The summed E-state index contributed by atoms with van der Waals surface area (Å²) in [5, 5.41) is 0. The second-order valence-corrected chi connectivity index (χ2v) is 9.65. The van der Waals surface area contributed by atoms with E-state index in [-0.39, 0.29) is 23.0 Å². The van der Waals surface area contributed by atoms with Gasteiger partial charge in [-0.25, -0.2) is 0 Å². The molecule has 0 N–H and O–H groups in total. The minimum atomic E-state index is -0.339. The number of hydrogen-bond donors (Lipinski definition) is 0. The number of hydrogen-bond acceptors (Lipinski definition) is 3. The first-order chi connectivity index (χ1) is 11.4. The molecule has 24 heavy (non-hydrogen) atoms. The molecular weight excluding hydrogens is 300 g/mol. The van der Waals surface area contributed by atoms with Crippen molar-refractivity contribution in [1.29, 1.82) is 0 Å². The van der Waals surface area contributed by atoms with Crippen molar-refractivity contribution >= 4 is 12.6 Å². The molecule has 0 spiro atoms. The van der Waals surface area contributed by atoms with Gasteiger partial charge in [0, 0.05) is 6.42 Å². The summed E-state index contributed by atoms with van der Waals surface area (Å²) in [6, 6.07) is 0. The van der Waals surface area contributed by atoms with E-state index in [0.29, 0.717) is 23.7 Å². The van der Waals surface area contributed by atoms with Gasteiger partial charge in [0.25, 0.3) is 0 Å². The number of carbonyl (C=O) groups is 2. The van der Waals surface area contributed by atoms with Crippen molar-refractivity contribution in [2.45, 2.75) is 77.9 Å². The van der Waals surface area contributed by atoms with Crippen molar-refractivity contribution in [2.75, 3.05) is 0 Å². The van der Waals surface area contributed by atoms with Crippen molar-refractivity contribution < 1.29 is 14.3 Å². The average Bonchev–Trinajstić information content (AvgIpc) is 3.28. The third-order valence-corrected chi connectivity index (χ3v) is 8.12. The third kappa shape index (κ3) is 2.13. The SMILES string of the molecule is CC1(C)CCCC2(C)C1CCC1(C=O)C3OC3CC(C=O)=CCC21. The van der Waals surface area contributed by atoms with Gasteiger partial charge in [0.05, 0.1) is 17.6 Å². The van der Waals surface area contributed by atoms with Gasteiger partial charge in [0.15, 0.2) is 0 Å². The van der Waals surface area contributed by atoms with Crippen molar-refractivity contribution in [3.63, 3.8) is 0 Å². The highest BCUT2D eigenvalue weighted by molar-refractivity contribution is 5.74. The molecule has 1 saturated heterocycles. The number of epoxide rings is 1. The molecule has 0 aromatic heterocycles. The quantitative estimate of drug-likeness (QED) is 0.565. The first-order valence-corrected chi connectivity index (χ1v) is 9.63. The van der Waals surface area contributed by atoms with Crippen LogP contribution < -0.4 is 0 Å². The van der Waals surface area contributed by atoms with Crippen molar-refractivity contribution in [1.82, 2.24) is 0 Å². The fourth-order valence-corrected chi connectivity index (χ4v) is 6.98. The Morgan fingerprint density at radius 1 is 1.12 bits per heavy atom. The lowest BCUT2D eigenvalue weighted by Crippen LogP contribution is -2.58. The average molecular weight is 330 g/mol. The minimum Gasteiger partial charge on any atom is -0.368 e. The highest BCUT2D eigenvalue weighted by Gasteiger charge is 2.66. The van der Waals surface area contributed by atoms with Gasteiger partial charge in [0.1, 0.15) is 12.6 Å². The van der Waals surface area contributed by atoms with E-state index in [0.717, 1.165) is 31.1 Å². The molecule has 3 nitrogen and oxygen atoms in total. The summed E-state index contributed by atoms with van der Waals surface area (Å²) in [5.74, 6) is 0.951. The van der Waals surface area contributed by atoms with Crippen LogP contribution in [0.3, 0.4) is 0 Å². The predicted octanol–water partition coefficient (Wildman–Crippen LogP) is 4.10. The van der Waals surface area contributed by atoms with Crippen LogP contribution in [0, 0.1) is 28.1 Å². The molecule has 0 bridgehead atoms. The van der Waals surface area contributed by atoms with E-state index in [1.165, 1.54) is 25.5 Å². The second-order valence-electron chi connectivity index (χ2n) is 9.65. The molecule has 0 aromatic rings. The number of fused-ring (bicyclic) bond motifs is 5. The van der Waals surface area contributed by atoms with Crippen molar-refractivity contribution in [3.8, 4) is 0 Å². The maximum atomic E-state index is 12.4. The predicted molar refractivity (Wildman–Crippen MR) is 92.5 cm³/mol.